The highest BCUT2D eigenvalue weighted by atomic mass is 16.2. The normalized spacial score (nSPS) is 17.0. The molecule has 0 fully saturated rings. The van der Waals surface area contributed by atoms with Gasteiger partial charge < -0.3 is 20.4 Å². The molecule has 3 heterocycles. The van der Waals surface area contributed by atoms with E-state index < -0.39 is 5.54 Å². The molecule has 0 unspecified atom stereocenters. The molecule has 1 atom stereocenters. The lowest BCUT2D eigenvalue weighted by molar-refractivity contribution is 0.165. The van der Waals surface area contributed by atoms with Crippen LogP contribution in [0.15, 0.2) is 70.7 Å². The van der Waals surface area contributed by atoms with E-state index in [0.717, 1.165) is 22.1 Å². The van der Waals surface area contributed by atoms with Gasteiger partial charge in [-0.2, -0.15) is 5.26 Å². The maximum absolute atomic E-state index is 13.6. The summed E-state index contributed by atoms with van der Waals surface area (Å²) in [5, 5.41) is 16.8. The van der Waals surface area contributed by atoms with E-state index in [4.69, 9.17) is 4.99 Å². The summed E-state index contributed by atoms with van der Waals surface area (Å²) in [6.45, 7) is 5.74. The number of aromatic nitrogens is 2. The number of amidine groups is 1. The molecule has 0 radical (unpaired) electrons. The largest absolute Gasteiger partial charge is 0.330 e. The SMILES string of the molecule is CN(C)C[C@@H](NC(=O)N1CC2=C(CN=C2Nc2nc(C#N)nc3ccccc23)C1(C)C)c1ccccc1. The Balaban J connectivity index is 1.38. The summed E-state index contributed by atoms with van der Waals surface area (Å²) in [7, 11) is 4.00. The molecule has 9 heteroatoms. The summed E-state index contributed by atoms with van der Waals surface area (Å²) in [5.41, 5.74) is 3.34. The minimum atomic E-state index is -0.503. The van der Waals surface area contributed by atoms with Gasteiger partial charge >= 0.3 is 6.03 Å². The van der Waals surface area contributed by atoms with Crippen molar-refractivity contribution in [1.29, 1.82) is 5.26 Å². The fourth-order valence-electron chi connectivity index (χ4n) is 5.03. The third kappa shape index (κ3) is 4.63. The Morgan fingerprint density at radius 2 is 1.86 bits per heavy atom. The van der Waals surface area contributed by atoms with E-state index in [9.17, 15) is 10.1 Å². The van der Waals surface area contributed by atoms with E-state index in [2.05, 4.69) is 39.3 Å². The fraction of sp³-hybridized carbons (Fsp3) is 0.321. The number of hydrogen-bond acceptors (Lipinski definition) is 7. The first-order chi connectivity index (χ1) is 17.8. The van der Waals surface area contributed by atoms with Gasteiger partial charge in [-0.25, -0.2) is 14.8 Å². The number of urea groups is 1. The highest BCUT2D eigenvalue weighted by molar-refractivity contribution is 6.13. The van der Waals surface area contributed by atoms with Crippen LogP contribution in [0.2, 0.25) is 0 Å². The third-order valence-corrected chi connectivity index (χ3v) is 7.01. The number of carbonyl (C=O) groups is 1. The van der Waals surface area contributed by atoms with Crippen LogP contribution in [0.1, 0.15) is 31.3 Å². The second kappa shape index (κ2) is 9.64. The minimum Gasteiger partial charge on any atom is -0.330 e. The van der Waals surface area contributed by atoms with Gasteiger partial charge in [-0.15, -0.1) is 0 Å². The molecule has 2 aromatic carbocycles. The quantitative estimate of drug-likeness (QED) is 0.559. The lowest BCUT2D eigenvalue weighted by atomic mass is 9.94. The van der Waals surface area contributed by atoms with Crippen LogP contribution < -0.4 is 10.6 Å². The number of fused-ring (bicyclic) bond motifs is 1. The Hall–Kier alpha value is -4.29. The number of benzene rings is 2. The van der Waals surface area contributed by atoms with Gasteiger partial charge in [0.15, 0.2) is 0 Å². The Morgan fingerprint density at radius 1 is 1.14 bits per heavy atom. The number of para-hydroxylation sites is 1. The fourth-order valence-corrected chi connectivity index (χ4v) is 5.03. The highest BCUT2D eigenvalue weighted by Gasteiger charge is 2.45. The van der Waals surface area contributed by atoms with Crippen molar-refractivity contribution in [2.24, 2.45) is 4.99 Å². The van der Waals surface area contributed by atoms with Crippen molar-refractivity contribution in [3.63, 3.8) is 0 Å². The molecule has 2 aliphatic rings. The number of nitrogens with one attached hydrogen (secondary N) is 2. The standard InChI is InChI=1S/C28H30N8O/c1-28(2)21-15-30-25(34-26-19-12-8-9-13-22(19)31-24(14-29)33-26)20(21)16-36(28)27(37)32-23(17-35(3)4)18-10-6-5-7-11-18/h5-13,23H,15-17H2,1-4H3,(H,32,37)(H,30,31,33,34)/t23-/m1/s1. The van der Waals surface area contributed by atoms with Gasteiger partial charge in [-0.05, 0) is 51.2 Å². The highest BCUT2D eigenvalue weighted by Crippen LogP contribution is 2.38. The maximum Gasteiger partial charge on any atom is 0.318 e. The molecule has 0 saturated carbocycles. The van der Waals surface area contributed by atoms with Crippen molar-refractivity contribution in [3.05, 3.63) is 77.1 Å². The van der Waals surface area contributed by atoms with E-state index in [0.29, 0.717) is 36.8 Å². The molecule has 5 rings (SSSR count). The van der Waals surface area contributed by atoms with Crippen LogP contribution in [-0.4, -0.2) is 70.9 Å². The molecule has 1 aromatic heterocycles. The molecule has 9 nitrogen and oxygen atoms in total. The number of aliphatic imine (C=N–C) groups is 1. The van der Waals surface area contributed by atoms with Crippen molar-refractivity contribution in [2.75, 3.05) is 39.0 Å². The number of nitrogens with zero attached hydrogens (tertiary/aromatic N) is 6. The molecule has 2 N–H and O–H groups in total. The summed E-state index contributed by atoms with van der Waals surface area (Å²) in [5.74, 6) is 1.30. The van der Waals surface area contributed by atoms with Crippen LogP contribution in [0.4, 0.5) is 10.6 Å². The lowest BCUT2D eigenvalue weighted by Gasteiger charge is -2.36. The molecule has 37 heavy (non-hydrogen) atoms. The Bertz CT molecular complexity index is 1450. The smallest absolute Gasteiger partial charge is 0.318 e. The summed E-state index contributed by atoms with van der Waals surface area (Å²) in [6.07, 6.45) is 0. The molecule has 3 aromatic rings. The summed E-state index contributed by atoms with van der Waals surface area (Å²) >= 11 is 0. The van der Waals surface area contributed by atoms with Crippen LogP contribution in [0.25, 0.3) is 10.9 Å². The number of carbonyl (C=O) groups excluding carboxylic acids is 1. The molecular weight excluding hydrogens is 464 g/mol. The van der Waals surface area contributed by atoms with Crippen LogP contribution in [0.5, 0.6) is 0 Å². The summed E-state index contributed by atoms with van der Waals surface area (Å²) in [6, 6.07) is 19.4. The van der Waals surface area contributed by atoms with Crippen molar-refractivity contribution >= 4 is 28.6 Å². The summed E-state index contributed by atoms with van der Waals surface area (Å²) in [4.78, 5) is 31.0. The number of anilines is 1. The zero-order valence-electron chi connectivity index (χ0n) is 21.5. The number of rotatable bonds is 5. The molecule has 0 aliphatic carbocycles. The van der Waals surface area contributed by atoms with Crippen molar-refractivity contribution in [3.8, 4) is 6.07 Å². The first kappa shape index (κ1) is 24.4. The minimum absolute atomic E-state index is 0.0922. The van der Waals surface area contributed by atoms with Gasteiger partial charge in [0.1, 0.15) is 17.7 Å². The van der Waals surface area contributed by atoms with Crippen LogP contribution in [-0.2, 0) is 0 Å². The molecule has 0 spiro atoms. The molecule has 2 aliphatic heterocycles. The van der Waals surface area contributed by atoms with Crippen LogP contribution in [0, 0.1) is 11.3 Å². The molecule has 0 bridgehead atoms. The van der Waals surface area contributed by atoms with Crippen LogP contribution >= 0.6 is 0 Å². The average molecular weight is 495 g/mol. The third-order valence-electron chi connectivity index (χ3n) is 7.01. The van der Waals surface area contributed by atoms with Crippen LogP contribution in [0.3, 0.4) is 0 Å². The van der Waals surface area contributed by atoms with Gasteiger partial charge in [0.25, 0.3) is 0 Å². The molecule has 2 amide bonds. The molecule has 0 saturated heterocycles. The van der Waals surface area contributed by atoms with E-state index in [1.165, 1.54) is 0 Å². The Morgan fingerprint density at radius 3 is 2.59 bits per heavy atom. The number of nitriles is 1. The van der Waals surface area contributed by atoms with Gasteiger partial charge in [-0.3, -0.25) is 4.99 Å². The van der Waals surface area contributed by atoms with E-state index in [1.807, 2.05) is 79.7 Å². The Kier molecular flexibility index (Phi) is 6.36. The lowest BCUT2D eigenvalue weighted by Crippen LogP contribution is -2.52. The van der Waals surface area contributed by atoms with E-state index in [1.54, 1.807) is 0 Å². The molecular formula is C28H30N8O. The summed E-state index contributed by atoms with van der Waals surface area (Å²) < 4.78 is 0. The van der Waals surface area contributed by atoms with Crippen molar-refractivity contribution in [1.82, 2.24) is 25.1 Å². The topological polar surface area (TPSA) is 110 Å². The average Bonchev–Trinajstić information content (AvgIpc) is 3.41. The molecule has 188 valence electrons. The van der Waals surface area contributed by atoms with Gasteiger partial charge in [-0.1, -0.05) is 42.5 Å². The van der Waals surface area contributed by atoms with E-state index >= 15 is 0 Å². The predicted octanol–water partition coefficient (Wildman–Crippen LogP) is 3.73. The maximum atomic E-state index is 13.6. The monoisotopic (exact) mass is 494 g/mol. The number of likely N-dealkylation sites (N-methyl/N-ethyl adjacent to an activating group) is 1. The second-order valence-electron chi connectivity index (χ2n) is 10.1. The number of hydrogen-bond donors (Lipinski definition) is 2. The van der Waals surface area contributed by atoms with Gasteiger partial charge in [0, 0.05) is 17.5 Å². The van der Waals surface area contributed by atoms with Crippen molar-refractivity contribution < 1.29 is 4.79 Å². The Labute approximate surface area is 216 Å². The zero-order chi connectivity index (χ0) is 26.2. The second-order valence-corrected chi connectivity index (χ2v) is 10.1. The van der Waals surface area contributed by atoms with Gasteiger partial charge in [0.05, 0.1) is 30.2 Å². The van der Waals surface area contributed by atoms with Crippen molar-refractivity contribution in [2.45, 2.75) is 25.4 Å². The van der Waals surface area contributed by atoms with E-state index in [-0.39, 0.29) is 17.9 Å². The first-order valence-electron chi connectivity index (χ1n) is 12.3. The zero-order valence-corrected chi connectivity index (χ0v) is 21.5. The number of amides is 2. The predicted molar refractivity (Wildman–Crippen MR) is 144 cm³/mol. The van der Waals surface area contributed by atoms with Gasteiger partial charge in [0.2, 0.25) is 5.82 Å². The first-order valence-corrected chi connectivity index (χ1v) is 12.3.